The second kappa shape index (κ2) is 7.65. The van der Waals surface area contributed by atoms with E-state index in [2.05, 4.69) is 6.58 Å². The van der Waals surface area contributed by atoms with Crippen LogP contribution in [0.25, 0.3) is 0 Å². The van der Waals surface area contributed by atoms with Gasteiger partial charge in [-0.2, -0.15) is 0 Å². The Labute approximate surface area is 146 Å². The molecule has 2 aliphatic rings. The predicted octanol–water partition coefficient (Wildman–Crippen LogP) is 1.10. The molecule has 2 heterocycles. The van der Waals surface area contributed by atoms with E-state index in [0.717, 1.165) is 0 Å². The van der Waals surface area contributed by atoms with E-state index in [9.17, 15) is 9.59 Å². The molecule has 2 aliphatic heterocycles. The van der Waals surface area contributed by atoms with Crippen molar-refractivity contribution in [3.05, 3.63) is 24.3 Å². The number of carbonyl (C=O) groups excluding carboxylic acids is 2. The molecule has 0 spiro atoms. The van der Waals surface area contributed by atoms with E-state index in [0.29, 0.717) is 12.0 Å². The minimum atomic E-state index is -1.45. The number of fused-ring (bicyclic) bond motifs is 1. The molecule has 0 unspecified atom stereocenters. The highest BCUT2D eigenvalue weighted by molar-refractivity contribution is 5.86. The lowest BCUT2D eigenvalue weighted by atomic mass is 10.0. The molecule has 0 saturated carbocycles. The quantitative estimate of drug-likeness (QED) is 0.680. The van der Waals surface area contributed by atoms with Crippen molar-refractivity contribution in [2.24, 2.45) is 0 Å². The number of rotatable bonds is 2. The summed E-state index contributed by atoms with van der Waals surface area (Å²) in [4.78, 5) is 24.9. The van der Waals surface area contributed by atoms with Crippen LogP contribution in [0.2, 0.25) is 0 Å². The maximum absolute atomic E-state index is 12.5. The first-order chi connectivity index (χ1) is 11.8. The SMILES string of the molecule is C=C1/C=C/CCOC(=O)[C@@H]2O[C@@](C)(OC)[C@](C)(OC)O[C@H]2C(=O)OC1. The van der Waals surface area contributed by atoms with Gasteiger partial charge in [-0.05, 0) is 25.8 Å². The van der Waals surface area contributed by atoms with Crippen LogP contribution in [0, 0.1) is 0 Å². The van der Waals surface area contributed by atoms with E-state index >= 15 is 0 Å². The van der Waals surface area contributed by atoms with Gasteiger partial charge in [0.05, 0.1) is 6.61 Å². The van der Waals surface area contributed by atoms with Crippen molar-refractivity contribution in [1.82, 2.24) is 0 Å². The maximum atomic E-state index is 12.5. The van der Waals surface area contributed by atoms with Crippen LogP contribution in [-0.4, -0.2) is 63.2 Å². The normalized spacial score (nSPS) is 38.6. The molecule has 8 heteroatoms. The van der Waals surface area contributed by atoms with Gasteiger partial charge in [-0.3, -0.25) is 0 Å². The lowest BCUT2D eigenvalue weighted by molar-refractivity contribution is -0.439. The molecule has 25 heavy (non-hydrogen) atoms. The Kier molecular flexibility index (Phi) is 5.99. The number of hydrogen-bond donors (Lipinski definition) is 0. The lowest BCUT2D eigenvalue weighted by Gasteiger charge is -2.50. The van der Waals surface area contributed by atoms with E-state index in [-0.39, 0.29) is 13.2 Å². The standard InChI is InChI=1S/C17H24O8/c1-11-8-6-7-9-22-14(18)12-13(15(19)23-10-11)25-17(3,21-5)16(2,20-4)24-12/h6,8,12-13H,1,7,9-10H2,2-5H3/b8-6+/t12-,13-,16-,17-/m1/s1. The highest BCUT2D eigenvalue weighted by atomic mass is 16.8. The van der Waals surface area contributed by atoms with Gasteiger partial charge in [0.15, 0.2) is 12.2 Å². The zero-order valence-electron chi connectivity index (χ0n) is 14.9. The third-order valence-corrected chi connectivity index (χ3v) is 4.33. The summed E-state index contributed by atoms with van der Waals surface area (Å²) in [5, 5.41) is 0. The Bertz CT molecular complexity index is 571. The smallest absolute Gasteiger partial charge is 0.339 e. The van der Waals surface area contributed by atoms with Crippen molar-refractivity contribution < 1.29 is 38.0 Å². The van der Waals surface area contributed by atoms with Gasteiger partial charge in [-0.15, -0.1) is 0 Å². The van der Waals surface area contributed by atoms with Crippen molar-refractivity contribution in [3.63, 3.8) is 0 Å². The zero-order chi connectivity index (χ0) is 18.7. The second-order valence-electron chi connectivity index (χ2n) is 6.00. The molecule has 0 aromatic rings. The van der Waals surface area contributed by atoms with E-state index < -0.39 is 35.7 Å². The number of methoxy groups -OCH3 is 2. The van der Waals surface area contributed by atoms with Crippen LogP contribution in [0.1, 0.15) is 20.3 Å². The fourth-order valence-corrected chi connectivity index (χ4v) is 2.49. The summed E-state index contributed by atoms with van der Waals surface area (Å²) in [6.45, 7) is 6.99. The van der Waals surface area contributed by atoms with Gasteiger partial charge >= 0.3 is 11.9 Å². The summed E-state index contributed by atoms with van der Waals surface area (Å²) in [5.41, 5.74) is 0.602. The number of esters is 2. The Balaban J connectivity index is 2.34. The van der Waals surface area contributed by atoms with Crippen LogP contribution in [0.4, 0.5) is 0 Å². The first-order valence-corrected chi connectivity index (χ1v) is 7.90. The predicted molar refractivity (Wildman–Crippen MR) is 85.4 cm³/mol. The van der Waals surface area contributed by atoms with E-state index in [1.165, 1.54) is 14.2 Å². The molecule has 4 atom stereocenters. The molecule has 0 aromatic carbocycles. The minimum absolute atomic E-state index is 0.0256. The van der Waals surface area contributed by atoms with Crippen LogP contribution >= 0.6 is 0 Å². The Morgan fingerprint density at radius 3 is 2.08 bits per heavy atom. The highest BCUT2D eigenvalue weighted by Gasteiger charge is 2.60. The van der Waals surface area contributed by atoms with Gasteiger partial charge < -0.3 is 28.4 Å². The molecular weight excluding hydrogens is 332 g/mol. The molecule has 8 nitrogen and oxygen atoms in total. The summed E-state index contributed by atoms with van der Waals surface area (Å²) in [7, 11) is 2.77. The van der Waals surface area contributed by atoms with Gasteiger partial charge in [-0.25, -0.2) is 9.59 Å². The van der Waals surface area contributed by atoms with E-state index in [1.54, 1.807) is 26.0 Å². The number of hydrogen-bond acceptors (Lipinski definition) is 8. The zero-order valence-corrected chi connectivity index (χ0v) is 14.9. The largest absolute Gasteiger partial charge is 0.463 e. The number of carbonyl (C=O) groups is 2. The van der Waals surface area contributed by atoms with Crippen LogP contribution in [-0.2, 0) is 38.0 Å². The third kappa shape index (κ3) is 3.92. The fourth-order valence-electron chi connectivity index (χ4n) is 2.49. The van der Waals surface area contributed by atoms with E-state index in [4.69, 9.17) is 28.4 Å². The molecule has 1 saturated heterocycles. The molecule has 0 aromatic heterocycles. The van der Waals surface area contributed by atoms with Crippen LogP contribution in [0.15, 0.2) is 24.3 Å². The number of cyclic esters (lactones) is 2. The first kappa shape index (κ1) is 19.6. The van der Waals surface area contributed by atoms with Crippen molar-refractivity contribution in [2.75, 3.05) is 27.4 Å². The molecule has 140 valence electrons. The average molecular weight is 356 g/mol. The molecule has 2 rings (SSSR count). The summed E-state index contributed by atoms with van der Waals surface area (Å²) >= 11 is 0. The summed E-state index contributed by atoms with van der Waals surface area (Å²) < 4.78 is 32.6. The highest BCUT2D eigenvalue weighted by Crippen LogP contribution is 2.39. The van der Waals surface area contributed by atoms with Crippen molar-refractivity contribution in [1.29, 1.82) is 0 Å². The van der Waals surface area contributed by atoms with Crippen LogP contribution in [0.3, 0.4) is 0 Å². The molecule has 0 radical (unpaired) electrons. The molecule has 0 aliphatic carbocycles. The topological polar surface area (TPSA) is 89.5 Å². The number of ether oxygens (including phenoxy) is 6. The molecule has 0 bridgehead atoms. The van der Waals surface area contributed by atoms with Crippen molar-refractivity contribution in [3.8, 4) is 0 Å². The van der Waals surface area contributed by atoms with Crippen LogP contribution in [0.5, 0.6) is 0 Å². The summed E-state index contributed by atoms with van der Waals surface area (Å²) in [6.07, 6.45) is 1.27. The van der Waals surface area contributed by atoms with Crippen molar-refractivity contribution >= 4 is 11.9 Å². The molecule has 0 amide bonds. The Morgan fingerprint density at radius 2 is 1.56 bits per heavy atom. The van der Waals surface area contributed by atoms with Crippen molar-refractivity contribution in [2.45, 2.75) is 44.1 Å². The molecule has 1 fully saturated rings. The monoisotopic (exact) mass is 356 g/mol. The molecule has 0 N–H and O–H groups in total. The first-order valence-electron chi connectivity index (χ1n) is 7.90. The average Bonchev–Trinajstić information content (AvgIpc) is 2.60. The maximum Gasteiger partial charge on any atom is 0.339 e. The third-order valence-electron chi connectivity index (χ3n) is 4.33. The van der Waals surface area contributed by atoms with Gasteiger partial charge in [0.2, 0.25) is 11.6 Å². The second-order valence-corrected chi connectivity index (χ2v) is 6.00. The van der Waals surface area contributed by atoms with Gasteiger partial charge in [-0.1, -0.05) is 18.7 Å². The van der Waals surface area contributed by atoms with E-state index in [1.807, 2.05) is 0 Å². The van der Waals surface area contributed by atoms with Gasteiger partial charge in [0, 0.05) is 14.2 Å². The molecular formula is C17H24O8. The van der Waals surface area contributed by atoms with Crippen LogP contribution < -0.4 is 0 Å². The fraction of sp³-hybridized carbons (Fsp3) is 0.647. The lowest BCUT2D eigenvalue weighted by Crippen LogP contribution is -2.68. The van der Waals surface area contributed by atoms with Gasteiger partial charge in [0.1, 0.15) is 6.61 Å². The summed E-state index contributed by atoms with van der Waals surface area (Å²) in [6, 6.07) is 0. The Hall–Kier alpha value is -1.74. The Morgan fingerprint density at radius 1 is 1.04 bits per heavy atom. The van der Waals surface area contributed by atoms with Gasteiger partial charge in [0.25, 0.3) is 0 Å². The minimum Gasteiger partial charge on any atom is -0.463 e. The summed E-state index contributed by atoms with van der Waals surface area (Å²) in [5.74, 6) is -4.41.